The predicted octanol–water partition coefficient (Wildman–Crippen LogP) is 3.09. The molecule has 3 heteroatoms. The number of hydrogen-bond acceptors (Lipinski definition) is 2. The molecule has 1 fully saturated rings. The van der Waals surface area contributed by atoms with E-state index >= 15 is 0 Å². The van der Waals surface area contributed by atoms with Gasteiger partial charge in [-0.25, -0.2) is 0 Å². The van der Waals surface area contributed by atoms with Gasteiger partial charge < -0.3 is 5.32 Å². The minimum Gasteiger partial charge on any atom is -0.345 e. The van der Waals surface area contributed by atoms with Crippen molar-refractivity contribution in [1.29, 1.82) is 0 Å². The Balaban J connectivity index is 1.85. The number of amides is 1. The minimum atomic E-state index is -0.0905. The van der Waals surface area contributed by atoms with Crippen LogP contribution >= 0.6 is 0 Å². The van der Waals surface area contributed by atoms with E-state index in [-0.39, 0.29) is 17.9 Å². The maximum Gasteiger partial charge on any atom is 0.223 e. The van der Waals surface area contributed by atoms with Gasteiger partial charge in [-0.1, -0.05) is 36.8 Å². The Morgan fingerprint density at radius 3 is 2.30 bits per heavy atom. The van der Waals surface area contributed by atoms with Crippen molar-refractivity contribution >= 4 is 5.91 Å². The molecule has 1 aliphatic rings. The summed E-state index contributed by atoms with van der Waals surface area (Å²) in [6.45, 7) is 0. The van der Waals surface area contributed by atoms with Gasteiger partial charge in [0.2, 0.25) is 5.91 Å². The molecule has 0 unspecified atom stereocenters. The van der Waals surface area contributed by atoms with Crippen molar-refractivity contribution in [2.75, 3.05) is 0 Å². The Kier molecular flexibility index (Phi) is 3.77. The van der Waals surface area contributed by atoms with Gasteiger partial charge in [0.25, 0.3) is 0 Å². The van der Waals surface area contributed by atoms with E-state index in [4.69, 9.17) is 0 Å². The molecule has 1 saturated carbocycles. The average molecular weight is 266 g/mol. The number of rotatable bonds is 4. The molecule has 1 atom stereocenters. The van der Waals surface area contributed by atoms with Crippen molar-refractivity contribution in [3.05, 3.63) is 66.0 Å². The first-order valence-corrected chi connectivity index (χ1v) is 7.10. The number of pyridine rings is 1. The highest BCUT2D eigenvalue weighted by molar-refractivity contribution is 5.80. The third-order valence-corrected chi connectivity index (χ3v) is 3.93. The van der Waals surface area contributed by atoms with Crippen molar-refractivity contribution in [3.8, 4) is 0 Å². The first kappa shape index (κ1) is 12.9. The molecule has 102 valence electrons. The number of carbonyl (C=O) groups excluding carboxylic acids is 1. The fourth-order valence-corrected chi connectivity index (χ4v) is 2.49. The van der Waals surface area contributed by atoms with Gasteiger partial charge in [-0.15, -0.1) is 0 Å². The number of aromatic nitrogens is 1. The fraction of sp³-hybridized carbons (Fsp3) is 0.294. The molecule has 3 nitrogen and oxygen atoms in total. The average Bonchev–Trinajstić information content (AvgIpc) is 2.45. The number of benzene rings is 1. The highest BCUT2D eigenvalue weighted by atomic mass is 16.2. The van der Waals surface area contributed by atoms with Crippen LogP contribution < -0.4 is 5.32 Å². The molecule has 1 aliphatic carbocycles. The van der Waals surface area contributed by atoms with Crippen LogP contribution in [-0.2, 0) is 4.79 Å². The summed E-state index contributed by atoms with van der Waals surface area (Å²) in [4.78, 5) is 16.3. The lowest BCUT2D eigenvalue weighted by atomic mass is 9.84. The van der Waals surface area contributed by atoms with E-state index in [0.29, 0.717) is 0 Å². The standard InChI is InChI=1S/C17H18N2O/c20-17(15-7-4-8-15)19-16(13-5-2-1-3-6-13)14-9-11-18-12-10-14/h1-3,5-6,9-12,15-16H,4,7-8H2,(H,19,20)/t16-/m0/s1. The molecule has 0 radical (unpaired) electrons. The van der Waals surface area contributed by atoms with Crippen molar-refractivity contribution < 1.29 is 4.79 Å². The molecular weight excluding hydrogens is 248 g/mol. The summed E-state index contributed by atoms with van der Waals surface area (Å²) in [5, 5.41) is 3.18. The first-order valence-electron chi connectivity index (χ1n) is 7.10. The van der Waals surface area contributed by atoms with Crippen LogP contribution in [0.1, 0.15) is 36.4 Å². The number of nitrogens with one attached hydrogen (secondary N) is 1. The second-order valence-corrected chi connectivity index (χ2v) is 5.26. The van der Waals surface area contributed by atoms with E-state index in [1.165, 1.54) is 6.42 Å². The Bertz CT molecular complexity index is 525. The van der Waals surface area contributed by atoms with Crippen LogP contribution in [0.3, 0.4) is 0 Å². The van der Waals surface area contributed by atoms with E-state index in [1.54, 1.807) is 12.4 Å². The molecule has 0 spiro atoms. The lowest BCUT2D eigenvalue weighted by molar-refractivity contribution is -0.127. The van der Waals surface area contributed by atoms with Gasteiger partial charge in [0, 0.05) is 18.3 Å². The molecule has 0 bridgehead atoms. The molecule has 1 N–H and O–H groups in total. The predicted molar refractivity (Wildman–Crippen MR) is 78.0 cm³/mol. The zero-order valence-electron chi connectivity index (χ0n) is 11.3. The summed E-state index contributed by atoms with van der Waals surface area (Å²) >= 11 is 0. The third-order valence-electron chi connectivity index (χ3n) is 3.93. The summed E-state index contributed by atoms with van der Waals surface area (Å²) in [6.07, 6.45) is 6.73. The van der Waals surface area contributed by atoms with Gasteiger partial charge in [-0.05, 0) is 36.1 Å². The van der Waals surface area contributed by atoms with Gasteiger partial charge in [0.15, 0.2) is 0 Å². The highest BCUT2D eigenvalue weighted by Crippen LogP contribution is 2.28. The van der Waals surface area contributed by atoms with Crippen LogP contribution in [0, 0.1) is 5.92 Å². The second kappa shape index (κ2) is 5.87. The zero-order chi connectivity index (χ0) is 13.8. The van der Waals surface area contributed by atoms with E-state index < -0.39 is 0 Å². The maximum atomic E-state index is 12.3. The summed E-state index contributed by atoms with van der Waals surface area (Å²) in [5.74, 6) is 0.366. The lowest BCUT2D eigenvalue weighted by Gasteiger charge is -2.28. The third kappa shape index (κ3) is 2.72. The Hall–Kier alpha value is -2.16. The summed E-state index contributed by atoms with van der Waals surface area (Å²) in [7, 11) is 0. The molecule has 0 saturated heterocycles. The number of nitrogens with zero attached hydrogens (tertiary/aromatic N) is 1. The van der Waals surface area contributed by atoms with E-state index in [9.17, 15) is 4.79 Å². The molecule has 1 aromatic heterocycles. The van der Waals surface area contributed by atoms with Crippen LogP contribution in [0.15, 0.2) is 54.9 Å². The van der Waals surface area contributed by atoms with Crippen molar-refractivity contribution in [2.24, 2.45) is 5.92 Å². The molecule has 20 heavy (non-hydrogen) atoms. The summed E-state index contributed by atoms with van der Waals surface area (Å²) < 4.78 is 0. The van der Waals surface area contributed by atoms with Gasteiger partial charge in [-0.3, -0.25) is 9.78 Å². The second-order valence-electron chi connectivity index (χ2n) is 5.26. The van der Waals surface area contributed by atoms with Crippen molar-refractivity contribution in [1.82, 2.24) is 10.3 Å². The lowest BCUT2D eigenvalue weighted by Crippen LogP contribution is -2.37. The van der Waals surface area contributed by atoms with Gasteiger partial charge in [0.05, 0.1) is 6.04 Å². The normalized spacial score (nSPS) is 16.2. The van der Waals surface area contributed by atoms with Crippen LogP contribution in [0.2, 0.25) is 0 Å². The zero-order valence-corrected chi connectivity index (χ0v) is 11.3. The minimum absolute atomic E-state index is 0.0905. The van der Waals surface area contributed by atoms with Crippen LogP contribution in [0.5, 0.6) is 0 Å². The Morgan fingerprint density at radius 2 is 1.70 bits per heavy atom. The largest absolute Gasteiger partial charge is 0.345 e. The molecule has 3 rings (SSSR count). The number of hydrogen-bond donors (Lipinski definition) is 1. The van der Waals surface area contributed by atoms with Gasteiger partial charge in [0.1, 0.15) is 0 Å². The SMILES string of the molecule is O=C(N[C@@H](c1ccccc1)c1ccncc1)C1CCC1. The quantitative estimate of drug-likeness (QED) is 0.924. The van der Waals surface area contributed by atoms with Crippen LogP contribution in [0.25, 0.3) is 0 Å². The first-order chi connectivity index (χ1) is 9.84. The molecule has 0 aliphatic heterocycles. The monoisotopic (exact) mass is 266 g/mol. The van der Waals surface area contributed by atoms with Crippen LogP contribution in [-0.4, -0.2) is 10.9 Å². The van der Waals surface area contributed by atoms with E-state index in [0.717, 1.165) is 24.0 Å². The molecular formula is C17H18N2O. The topological polar surface area (TPSA) is 42.0 Å². The molecule has 1 heterocycles. The van der Waals surface area contributed by atoms with Crippen molar-refractivity contribution in [3.63, 3.8) is 0 Å². The summed E-state index contributed by atoms with van der Waals surface area (Å²) in [6, 6.07) is 13.9. The highest BCUT2D eigenvalue weighted by Gasteiger charge is 2.27. The smallest absolute Gasteiger partial charge is 0.223 e. The fourth-order valence-electron chi connectivity index (χ4n) is 2.49. The van der Waals surface area contributed by atoms with Gasteiger partial charge >= 0.3 is 0 Å². The molecule has 1 amide bonds. The van der Waals surface area contributed by atoms with E-state index in [2.05, 4.69) is 10.3 Å². The Morgan fingerprint density at radius 1 is 1.05 bits per heavy atom. The Labute approximate surface area is 119 Å². The molecule has 2 aromatic rings. The van der Waals surface area contributed by atoms with Gasteiger partial charge in [-0.2, -0.15) is 0 Å². The van der Waals surface area contributed by atoms with Crippen molar-refractivity contribution in [2.45, 2.75) is 25.3 Å². The number of carbonyl (C=O) groups is 1. The maximum absolute atomic E-state index is 12.3. The van der Waals surface area contributed by atoms with E-state index in [1.807, 2.05) is 42.5 Å². The van der Waals surface area contributed by atoms with Crippen LogP contribution in [0.4, 0.5) is 0 Å². The molecule has 1 aromatic carbocycles. The summed E-state index contributed by atoms with van der Waals surface area (Å²) in [5.41, 5.74) is 2.17.